The summed E-state index contributed by atoms with van der Waals surface area (Å²) in [5.41, 5.74) is 5.44. The Bertz CT molecular complexity index is 635. The van der Waals surface area contributed by atoms with Gasteiger partial charge in [-0.15, -0.1) is 0 Å². The van der Waals surface area contributed by atoms with E-state index in [2.05, 4.69) is 5.32 Å². The fraction of sp³-hybridized carbons (Fsp3) is 0.417. The zero-order valence-corrected chi connectivity index (χ0v) is 13.2. The number of benzene rings is 1. The lowest BCUT2D eigenvalue weighted by molar-refractivity contribution is -0.120. The Balaban J connectivity index is 2.81. The van der Waals surface area contributed by atoms with Crippen molar-refractivity contribution < 1.29 is 17.6 Å². The second-order valence-corrected chi connectivity index (χ2v) is 6.98. The van der Waals surface area contributed by atoms with Crippen molar-refractivity contribution in [3.8, 4) is 0 Å². The summed E-state index contributed by atoms with van der Waals surface area (Å²) < 4.78 is 39.7. The van der Waals surface area contributed by atoms with Crippen LogP contribution in [-0.2, 0) is 14.8 Å². The zero-order valence-electron chi connectivity index (χ0n) is 11.6. The van der Waals surface area contributed by atoms with Crippen LogP contribution in [0, 0.1) is 11.7 Å². The van der Waals surface area contributed by atoms with E-state index < -0.39 is 38.2 Å². The first-order valence-electron chi connectivity index (χ1n) is 6.14. The molecule has 0 aliphatic rings. The molecule has 0 spiro atoms. The molecular weight excluding hydrogens is 321 g/mol. The van der Waals surface area contributed by atoms with Crippen LogP contribution in [0.4, 0.5) is 10.1 Å². The molecule has 0 bridgehead atoms. The number of sulfonamides is 1. The van der Waals surface area contributed by atoms with E-state index in [1.807, 2.05) is 18.6 Å². The van der Waals surface area contributed by atoms with Gasteiger partial charge in [-0.2, -0.15) is 0 Å². The van der Waals surface area contributed by atoms with Gasteiger partial charge in [-0.05, 0) is 18.1 Å². The van der Waals surface area contributed by atoms with E-state index in [4.69, 9.17) is 17.3 Å². The molecule has 0 saturated heterocycles. The van der Waals surface area contributed by atoms with Crippen LogP contribution in [0.25, 0.3) is 0 Å². The van der Waals surface area contributed by atoms with Gasteiger partial charge >= 0.3 is 0 Å². The SMILES string of the molecule is CC(C)CNC(=O)CNS(=O)(=O)c1cc(N)cc(Cl)c1F. The number of amides is 1. The number of rotatable bonds is 6. The van der Waals surface area contributed by atoms with Crippen molar-refractivity contribution in [1.29, 1.82) is 0 Å². The number of halogens is 2. The molecule has 0 aliphatic heterocycles. The van der Waals surface area contributed by atoms with Crippen molar-refractivity contribution in [2.24, 2.45) is 5.92 Å². The van der Waals surface area contributed by atoms with Gasteiger partial charge in [-0.1, -0.05) is 25.4 Å². The van der Waals surface area contributed by atoms with Gasteiger partial charge in [0.25, 0.3) is 0 Å². The highest BCUT2D eigenvalue weighted by Gasteiger charge is 2.22. The molecular formula is C12H17ClFN3O3S. The smallest absolute Gasteiger partial charge is 0.244 e. The Morgan fingerprint density at radius 3 is 2.62 bits per heavy atom. The van der Waals surface area contributed by atoms with Crippen molar-refractivity contribution in [2.75, 3.05) is 18.8 Å². The van der Waals surface area contributed by atoms with E-state index in [1.54, 1.807) is 0 Å². The summed E-state index contributed by atoms with van der Waals surface area (Å²) in [6, 6.07) is 2.04. The molecule has 0 aromatic heterocycles. The average molecular weight is 338 g/mol. The topological polar surface area (TPSA) is 101 Å². The van der Waals surface area contributed by atoms with Crippen LogP contribution in [0.3, 0.4) is 0 Å². The maximum absolute atomic E-state index is 13.7. The van der Waals surface area contributed by atoms with Crippen molar-refractivity contribution in [3.63, 3.8) is 0 Å². The molecule has 0 aliphatic carbocycles. The molecule has 0 fully saturated rings. The Hall–Kier alpha value is -1.38. The van der Waals surface area contributed by atoms with Crippen LogP contribution in [0.5, 0.6) is 0 Å². The summed E-state index contributed by atoms with van der Waals surface area (Å²) in [4.78, 5) is 10.8. The lowest BCUT2D eigenvalue weighted by Crippen LogP contribution is -2.38. The molecule has 0 heterocycles. The minimum Gasteiger partial charge on any atom is -0.399 e. The number of hydrogen-bond acceptors (Lipinski definition) is 4. The van der Waals surface area contributed by atoms with Crippen molar-refractivity contribution in [3.05, 3.63) is 23.0 Å². The van der Waals surface area contributed by atoms with E-state index in [9.17, 15) is 17.6 Å². The molecule has 1 aromatic rings. The van der Waals surface area contributed by atoms with E-state index in [0.717, 1.165) is 12.1 Å². The highest BCUT2D eigenvalue weighted by atomic mass is 35.5. The summed E-state index contributed by atoms with van der Waals surface area (Å²) in [6.07, 6.45) is 0. The molecule has 0 atom stereocenters. The standard InChI is InChI=1S/C12H17ClFN3O3S/c1-7(2)5-16-11(18)6-17-21(19,20)10-4-8(15)3-9(13)12(10)14/h3-4,7,17H,5-6,15H2,1-2H3,(H,16,18). The van der Waals surface area contributed by atoms with Gasteiger partial charge in [0, 0.05) is 12.2 Å². The maximum atomic E-state index is 13.7. The zero-order chi connectivity index (χ0) is 16.2. The van der Waals surface area contributed by atoms with E-state index in [0.29, 0.717) is 6.54 Å². The lowest BCUT2D eigenvalue weighted by Gasteiger charge is -2.10. The van der Waals surface area contributed by atoms with Gasteiger partial charge in [0.15, 0.2) is 5.82 Å². The van der Waals surface area contributed by atoms with Crippen LogP contribution >= 0.6 is 11.6 Å². The molecule has 1 amide bonds. The minimum atomic E-state index is -4.22. The third-order valence-corrected chi connectivity index (χ3v) is 4.11. The van der Waals surface area contributed by atoms with Gasteiger partial charge < -0.3 is 11.1 Å². The monoisotopic (exact) mass is 337 g/mol. The number of anilines is 1. The molecule has 1 aromatic carbocycles. The number of nitrogens with two attached hydrogens (primary N) is 1. The number of nitrogens with one attached hydrogen (secondary N) is 2. The predicted octanol–water partition coefficient (Wildman–Crippen LogP) is 1.11. The first kappa shape index (κ1) is 17.7. The number of carbonyl (C=O) groups excluding carboxylic acids is 1. The molecule has 0 unspecified atom stereocenters. The van der Waals surface area contributed by atoms with E-state index in [-0.39, 0.29) is 11.6 Å². The Morgan fingerprint density at radius 2 is 2.05 bits per heavy atom. The molecule has 0 saturated carbocycles. The lowest BCUT2D eigenvalue weighted by atomic mass is 10.2. The van der Waals surface area contributed by atoms with Crippen molar-refractivity contribution in [2.45, 2.75) is 18.7 Å². The maximum Gasteiger partial charge on any atom is 0.244 e. The van der Waals surface area contributed by atoms with Crippen LogP contribution in [-0.4, -0.2) is 27.4 Å². The average Bonchev–Trinajstić information content (AvgIpc) is 2.38. The Morgan fingerprint density at radius 1 is 1.43 bits per heavy atom. The Labute approximate surface area is 127 Å². The highest BCUT2D eigenvalue weighted by Crippen LogP contribution is 2.25. The minimum absolute atomic E-state index is 0.00559. The van der Waals surface area contributed by atoms with Gasteiger partial charge in [-0.25, -0.2) is 17.5 Å². The fourth-order valence-electron chi connectivity index (χ4n) is 1.40. The first-order valence-corrected chi connectivity index (χ1v) is 8.00. The second-order valence-electron chi connectivity index (χ2n) is 4.84. The van der Waals surface area contributed by atoms with Gasteiger partial charge in [0.05, 0.1) is 11.6 Å². The molecule has 4 N–H and O–H groups in total. The predicted molar refractivity (Wildman–Crippen MR) is 78.9 cm³/mol. The number of nitrogen functional groups attached to an aromatic ring is 1. The summed E-state index contributed by atoms with van der Waals surface area (Å²) >= 11 is 5.55. The molecule has 118 valence electrons. The molecule has 1 rings (SSSR count). The molecule has 6 nitrogen and oxygen atoms in total. The fourth-order valence-corrected chi connectivity index (χ4v) is 2.80. The highest BCUT2D eigenvalue weighted by molar-refractivity contribution is 7.89. The summed E-state index contributed by atoms with van der Waals surface area (Å²) in [6.45, 7) is 3.71. The largest absolute Gasteiger partial charge is 0.399 e. The molecule has 21 heavy (non-hydrogen) atoms. The third-order valence-electron chi connectivity index (χ3n) is 2.44. The van der Waals surface area contributed by atoms with Crippen LogP contribution in [0.2, 0.25) is 5.02 Å². The van der Waals surface area contributed by atoms with Crippen molar-refractivity contribution in [1.82, 2.24) is 10.0 Å². The Kier molecular flexibility index (Phi) is 5.94. The van der Waals surface area contributed by atoms with E-state index >= 15 is 0 Å². The third kappa shape index (κ3) is 5.14. The van der Waals surface area contributed by atoms with Gasteiger partial charge in [0.1, 0.15) is 4.90 Å². The molecule has 9 heteroatoms. The summed E-state index contributed by atoms with van der Waals surface area (Å²) in [5.74, 6) is -1.39. The molecule has 0 radical (unpaired) electrons. The second kappa shape index (κ2) is 7.06. The van der Waals surface area contributed by atoms with Gasteiger partial charge in [-0.3, -0.25) is 4.79 Å². The van der Waals surface area contributed by atoms with Crippen LogP contribution in [0.1, 0.15) is 13.8 Å². The van der Waals surface area contributed by atoms with Crippen LogP contribution in [0.15, 0.2) is 17.0 Å². The van der Waals surface area contributed by atoms with Gasteiger partial charge in [0.2, 0.25) is 15.9 Å². The first-order chi connectivity index (χ1) is 9.63. The van der Waals surface area contributed by atoms with Crippen molar-refractivity contribution >= 4 is 33.2 Å². The normalized spacial score (nSPS) is 11.7. The van der Waals surface area contributed by atoms with E-state index in [1.165, 1.54) is 0 Å². The quantitative estimate of drug-likeness (QED) is 0.677. The number of hydrogen-bond donors (Lipinski definition) is 3. The summed E-state index contributed by atoms with van der Waals surface area (Å²) in [5, 5.41) is 2.13. The number of carbonyl (C=O) groups is 1. The summed E-state index contributed by atoms with van der Waals surface area (Å²) in [7, 11) is -4.22. The van der Waals surface area contributed by atoms with Crippen LogP contribution < -0.4 is 15.8 Å².